The molecule has 18 heavy (non-hydrogen) atoms. The number of anilines is 2. The van der Waals surface area contributed by atoms with Gasteiger partial charge in [-0.2, -0.15) is 0 Å². The zero-order valence-electron chi connectivity index (χ0n) is 9.57. The molecule has 0 aliphatic rings. The van der Waals surface area contributed by atoms with Gasteiger partial charge in [0.15, 0.2) is 0 Å². The van der Waals surface area contributed by atoms with Crippen LogP contribution in [0.4, 0.5) is 11.4 Å². The van der Waals surface area contributed by atoms with Crippen LogP contribution in [0, 0.1) is 0 Å². The van der Waals surface area contributed by atoms with Gasteiger partial charge in [0.1, 0.15) is 10.6 Å². The minimum atomic E-state index is -0.233. The Kier molecular flexibility index (Phi) is 3.74. The van der Waals surface area contributed by atoms with E-state index in [0.29, 0.717) is 27.0 Å². The molecule has 0 aliphatic heterocycles. The fourth-order valence-corrected chi connectivity index (χ4v) is 2.30. The molecule has 0 fully saturated rings. The summed E-state index contributed by atoms with van der Waals surface area (Å²) in [6.45, 7) is 0. The maximum Gasteiger partial charge on any atom is 0.269 e. The van der Waals surface area contributed by atoms with Crippen LogP contribution in [0.25, 0.3) is 0 Å². The van der Waals surface area contributed by atoms with Crippen molar-refractivity contribution in [3.63, 3.8) is 0 Å². The van der Waals surface area contributed by atoms with Crippen LogP contribution in [-0.4, -0.2) is 13.0 Å². The van der Waals surface area contributed by atoms with Crippen molar-refractivity contribution in [3.05, 3.63) is 39.5 Å². The smallest absolute Gasteiger partial charge is 0.269 e. The van der Waals surface area contributed by atoms with E-state index in [9.17, 15) is 4.79 Å². The lowest BCUT2D eigenvalue weighted by atomic mass is 10.2. The van der Waals surface area contributed by atoms with Gasteiger partial charge in [-0.1, -0.05) is 11.6 Å². The molecule has 0 radical (unpaired) electrons. The predicted molar refractivity (Wildman–Crippen MR) is 74.7 cm³/mol. The molecule has 94 valence electrons. The number of rotatable bonds is 3. The number of hydrogen-bond acceptors (Lipinski definition) is 4. The van der Waals surface area contributed by atoms with Crippen LogP contribution in [0.15, 0.2) is 29.6 Å². The highest BCUT2D eigenvalue weighted by atomic mass is 35.5. The van der Waals surface area contributed by atoms with Gasteiger partial charge in [0.25, 0.3) is 5.91 Å². The average Bonchev–Trinajstić information content (AvgIpc) is 2.82. The zero-order valence-corrected chi connectivity index (χ0v) is 11.1. The van der Waals surface area contributed by atoms with Crippen molar-refractivity contribution in [1.29, 1.82) is 0 Å². The number of halogens is 1. The van der Waals surface area contributed by atoms with Crippen molar-refractivity contribution in [3.8, 4) is 5.75 Å². The Hall–Kier alpha value is -1.72. The summed E-state index contributed by atoms with van der Waals surface area (Å²) >= 11 is 7.12. The largest absolute Gasteiger partial charge is 0.495 e. The highest BCUT2D eigenvalue weighted by Gasteiger charge is 2.14. The van der Waals surface area contributed by atoms with Crippen LogP contribution in [0.2, 0.25) is 5.02 Å². The Morgan fingerprint density at radius 2 is 2.22 bits per heavy atom. The van der Waals surface area contributed by atoms with E-state index in [4.69, 9.17) is 22.1 Å². The number of hydrogen-bond donors (Lipinski definition) is 2. The molecule has 6 heteroatoms. The molecule has 2 aromatic rings. The Bertz CT molecular complexity index is 583. The van der Waals surface area contributed by atoms with Gasteiger partial charge in [-0.3, -0.25) is 4.79 Å². The number of amides is 1. The quantitative estimate of drug-likeness (QED) is 0.850. The molecule has 1 aromatic heterocycles. The van der Waals surface area contributed by atoms with Gasteiger partial charge < -0.3 is 15.8 Å². The maximum atomic E-state index is 12.0. The molecule has 1 aromatic carbocycles. The van der Waals surface area contributed by atoms with Gasteiger partial charge in [-0.15, -0.1) is 11.3 Å². The first-order valence-corrected chi connectivity index (χ1v) is 6.35. The summed E-state index contributed by atoms with van der Waals surface area (Å²) in [5.74, 6) is 0.322. The molecule has 3 N–H and O–H groups in total. The van der Waals surface area contributed by atoms with Crippen LogP contribution in [0.1, 0.15) is 9.67 Å². The number of benzene rings is 1. The van der Waals surface area contributed by atoms with Gasteiger partial charge in [0.05, 0.1) is 17.8 Å². The molecule has 0 atom stereocenters. The second kappa shape index (κ2) is 5.29. The first kappa shape index (κ1) is 12.7. The summed E-state index contributed by atoms with van der Waals surface area (Å²) in [6.07, 6.45) is 0. The summed E-state index contributed by atoms with van der Waals surface area (Å²) in [4.78, 5) is 12.5. The Morgan fingerprint density at radius 3 is 2.89 bits per heavy atom. The van der Waals surface area contributed by atoms with Crippen molar-refractivity contribution >= 4 is 40.2 Å². The summed E-state index contributed by atoms with van der Waals surface area (Å²) in [6, 6.07) is 6.69. The molecule has 1 amide bonds. The van der Waals surface area contributed by atoms with Crippen LogP contribution in [-0.2, 0) is 0 Å². The fraction of sp³-hybridized carbons (Fsp3) is 0.0833. The van der Waals surface area contributed by atoms with Gasteiger partial charge in [0, 0.05) is 5.69 Å². The number of nitrogens with one attached hydrogen (secondary N) is 1. The summed E-state index contributed by atoms with van der Waals surface area (Å²) < 4.78 is 5.09. The van der Waals surface area contributed by atoms with Crippen LogP contribution in [0.5, 0.6) is 5.75 Å². The highest BCUT2D eigenvalue weighted by molar-refractivity contribution is 7.12. The van der Waals surface area contributed by atoms with E-state index >= 15 is 0 Å². The van der Waals surface area contributed by atoms with Gasteiger partial charge in [-0.25, -0.2) is 0 Å². The van der Waals surface area contributed by atoms with Crippen LogP contribution in [0.3, 0.4) is 0 Å². The molecule has 0 saturated heterocycles. The van der Waals surface area contributed by atoms with Crippen molar-refractivity contribution in [1.82, 2.24) is 0 Å². The summed E-state index contributed by atoms with van der Waals surface area (Å²) in [5.41, 5.74) is 6.68. The molecule has 1 heterocycles. The van der Waals surface area contributed by atoms with E-state index < -0.39 is 0 Å². The minimum absolute atomic E-state index is 0.233. The molecule has 0 saturated carbocycles. The lowest BCUT2D eigenvalue weighted by molar-refractivity contribution is 0.102. The number of ether oxygens (including phenoxy) is 1. The Morgan fingerprint density at radius 1 is 1.44 bits per heavy atom. The topological polar surface area (TPSA) is 64.3 Å². The molecule has 0 spiro atoms. The van der Waals surface area contributed by atoms with Crippen molar-refractivity contribution < 1.29 is 9.53 Å². The SMILES string of the molecule is COc1ccsc1C(=O)Nc1ccc(Cl)c(N)c1. The number of carbonyl (C=O) groups is 1. The Labute approximate surface area is 113 Å². The van der Waals surface area contributed by atoms with Crippen molar-refractivity contribution in [2.24, 2.45) is 0 Å². The second-order valence-corrected chi connectivity index (χ2v) is 4.83. The normalized spacial score (nSPS) is 10.1. The van der Waals surface area contributed by atoms with Gasteiger partial charge in [0.2, 0.25) is 0 Å². The third-order valence-corrected chi connectivity index (χ3v) is 3.55. The first-order chi connectivity index (χ1) is 8.61. The summed E-state index contributed by atoms with van der Waals surface area (Å²) in [7, 11) is 1.53. The van der Waals surface area contributed by atoms with E-state index in [1.807, 2.05) is 0 Å². The number of thiophene rings is 1. The van der Waals surface area contributed by atoms with E-state index in [-0.39, 0.29) is 5.91 Å². The molecule has 0 aliphatic carbocycles. The van der Waals surface area contributed by atoms with E-state index in [1.165, 1.54) is 18.4 Å². The van der Waals surface area contributed by atoms with Crippen molar-refractivity contribution in [2.45, 2.75) is 0 Å². The number of nitrogen functional groups attached to an aromatic ring is 1. The lowest BCUT2D eigenvalue weighted by Crippen LogP contribution is -2.11. The van der Waals surface area contributed by atoms with Crippen LogP contribution >= 0.6 is 22.9 Å². The molecule has 0 unspecified atom stereocenters. The number of nitrogens with two attached hydrogens (primary N) is 1. The lowest BCUT2D eigenvalue weighted by Gasteiger charge is -2.07. The van der Waals surface area contributed by atoms with E-state index in [1.54, 1.807) is 29.6 Å². The highest BCUT2D eigenvalue weighted by Crippen LogP contribution is 2.27. The van der Waals surface area contributed by atoms with Crippen LogP contribution < -0.4 is 15.8 Å². The number of carbonyl (C=O) groups excluding carboxylic acids is 1. The monoisotopic (exact) mass is 282 g/mol. The van der Waals surface area contributed by atoms with Crippen molar-refractivity contribution in [2.75, 3.05) is 18.2 Å². The zero-order chi connectivity index (χ0) is 13.1. The maximum absolute atomic E-state index is 12.0. The number of methoxy groups -OCH3 is 1. The third kappa shape index (κ3) is 2.57. The third-order valence-electron chi connectivity index (χ3n) is 2.31. The van der Waals surface area contributed by atoms with E-state index in [2.05, 4.69) is 5.32 Å². The summed E-state index contributed by atoms with van der Waals surface area (Å²) in [5, 5.41) is 5.00. The Balaban J connectivity index is 2.19. The molecule has 2 rings (SSSR count). The van der Waals surface area contributed by atoms with Gasteiger partial charge >= 0.3 is 0 Å². The average molecular weight is 283 g/mol. The predicted octanol–water partition coefficient (Wildman–Crippen LogP) is 3.24. The first-order valence-electron chi connectivity index (χ1n) is 5.09. The molecular formula is C12H11ClN2O2S. The van der Waals surface area contributed by atoms with E-state index in [0.717, 1.165) is 0 Å². The molecule has 0 bridgehead atoms. The minimum Gasteiger partial charge on any atom is -0.495 e. The standard InChI is InChI=1S/C12H11ClN2O2S/c1-17-10-4-5-18-11(10)12(16)15-7-2-3-8(13)9(14)6-7/h2-6H,14H2,1H3,(H,15,16). The molecule has 4 nitrogen and oxygen atoms in total. The second-order valence-electron chi connectivity index (χ2n) is 3.51. The van der Waals surface area contributed by atoms with Gasteiger partial charge in [-0.05, 0) is 29.6 Å². The molecular weight excluding hydrogens is 272 g/mol. The fourth-order valence-electron chi connectivity index (χ4n) is 1.43.